The molecule has 2 aromatic heterocycles. The van der Waals surface area contributed by atoms with Crippen LogP contribution < -0.4 is 0 Å². The highest BCUT2D eigenvalue weighted by Gasteiger charge is 2.08. The van der Waals surface area contributed by atoms with E-state index < -0.39 is 0 Å². The average Bonchev–Trinajstić information content (AvgIpc) is 3.45. The third kappa shape index (κ3) is 6.67. The molecule has 0 radical (unpaired) electrons. The molecule has 0 amide bonds. The fourth-order valence-electron chi connectivity index (χ4n) is 4.67. The summed E-state index contributed by atoms with van der Waals surface area (Å²) in [7, 11) is 4.25. The molecule has 0 saturated carbocycles. The van der Waals surface area contributed by atoms with E-state index in [1.54, 1.807) is 0 Å². The molecule has 0 aliphatic rings. The van der Waals surface area contributed by atoms with E-state index in [0.717, 1.165) is 0 Å². The lowest BCUT2D eigenvalue weighted by atomic mass is 10.1. The molecule has 6 rings (SSSR count). The number of hydrogen-bond acceptors (Lipinski definition) is 0. The molecule has 6 aromatic rings. The minimum Gasteiger partial charge on any atom is -0.344 e. The Balaban J connectivity index is 0.000000302. The molecule has 204 valence electrons. The lowest BCUT2D eigenvalue weighted by molar-refractivity contribution is 1.01. The third-order valence-corrected chi connectivity index (χ3v) is 6.22. The van der Waals surface area contributed by atoms with E-state index in [1.807, 2.05) is 55.4 Å². The predicted molar refractivity (Wildman–Crippen MR) is 176 cm³/mol. The maximum absolute atomic E-state index is 2.26. The smallest absolute Gasteiger partial charge is 0.0491 e. The molecule has 0 N–H and O–H groups in total. The lowest BCUT2D eigenvalue weighted by Gasteiger charge is -1.97. The van der Waals surface area contributed by atoms with Gasteiger partial charge >= 0.3 is 0 Å². The molecule has 4 aromatic carbocycles. The largest absolute Gasteiger partial charge is 0.344 e. The average molecular weight is 511 g/mol. The molecule has 0 spiro atoms. The quantitative estimate of drug-likeness (QED) is 0.192. The molecule has 0 unspecified atom stereocenters. The molecule has 0 aliphatic heterocycles. The standard InChI is InChI=1S/2C14H13N.4C2H6/c1-10-6-5-9-13-14(10)11-7-3-4-8-12(11)15(13)2;1-10-7-8-14-12(9-10)11-5-3-4-6-13(11)15(14)2;4*1-2/h2*3-9H,1-2H3;4*1-2H3. The van der Waals surface area contributed by atoms with Gasteiger partial charge in [-0.1, -0.05) is 116 Å². The number of aryl methyl sites for hydroxylation is 4. The second kappa shape index (κ2) is 16.3. The second-order valence-electron chi connectivity index (χ2n) is 8.14. The summed E-state index contributed by atoms with van der Waals surface area (Å²) in [4.78, 5) is 0. The number of nitrogens with zero attached hydrogens (tertiary/aromatic N) is 2. The third-order valence-electron chi connectivity index (χ3n) is 6.22. The van der Waals surface area contributed by atoms with Crippen molar-refractivity contribution < 1.29 is 0 Å². The number of fused-ring (bicyclic) bond motifs is 6. The van der Waals surface area contributed by atoms with Crippen molar-refractivity contribution in [3.63, 3.8) is 0 Å². The van der Waals surface area contributed by atoms with Crippen LogP contribution in [0.4, 0.5) is 0 Å². The molecule has 0 bridgehead atoms. The first kappa shape index (κ1) is 32.5. The Morgan fingerprint density at radius 2 is 0.868 bits per heavy atom. The van der Waals surface area contributed by atoms with Crippen LogP contribution >= 0.6 is 0 Å². The highest BCUT2D eigenvalue weighted by molar-refractivity contribution is 6.09. The normalized spacial score (nSPS) is 9.58. The second-order valence-corrected chi connectivity index (χ2v) is 8.14. The summed E-state index contributed by atoms with van der Waals surface area (Å²) in [6.07, 6.45) is 0. The first-order valence-corrected chi connectivity index (χ1v) is 14.4. The molecule has 0 saturated heterocycles. The molecule has 0 fully saturated rings. The summed E-state index contributed by atoms with van der Waals surface area (Å²) in [5, 5.41) is 5.44. The minimum absolute atomic E-state index is 1.30. The molecule has 2 heteroatoms. The van der Waals surface area contributed by atoms with Crippen molar-refractivity contribution in [2.45, 2.75) is 69.2 Å². The van der Waals surface area contributed by atoms with Gasteiger partial charge in [-0.3, -0.25) is 0 Å². The van der Waals surface area contributed by atoms with Gasteiger partial charge in [0, 0.05) is 57.7 Å². The monoisotopic (exact) mass is 510 g/mol. The zero-order valence-corrected chi connectivity index (χ0v) is 26.0. The summed E-state index contributed by atoms with van der Waals surface area (Å²) in [6, 6.07) is 30.2. The van der Waals surface area contributed by atoms with Gasteiger partial charge in [0.2, 0.25) is 0 Å². The summed E-state index contributed by atoms with van der Waals surface area (Å²) in [5.41, 5.74) is 7.90. The van der Waals surface area contributed by atoms with E-state index in [-0.39, 0.29) is 0 Å². The van der Waals surface area contributed by atoms with Crippen molar-refractivity contribution in [3.8, 4) is 0 Å². The summed E-state index contributed by atoms with van der Waals surface area (Å²) >= 11 is 0. The van der Waals surface area contributed by atoms with E-state index in [2.05, 4.69) is 122 Å². The Morgan fingerprint density at radius 3 is 1.47 bits per heavy atom. The SMILES string of the molecule is CC.CC.CC.CC.Cc1ccc2c(c1)c1ccccc1n2C.Cc1cccc2c1c1ccccc1n2C. The topological polar surface area (TPSA) is 9.86 Å². The molecular weight excluding hydrogens is 460 g/mol. The van der Waals surface area contributed by atoms with Gasteiger partial charge in [-0.05, 0) is 49.7 Å². The highest BCUT2D eigenvalue weighted by Crippen LogP contribution is 2.30. The Morgan fingerprint density at radius 1 is 0.421 bits per heavy atom. The van der Waals surface area contributed by atoms with E-state index in [0.29, 0.717) is 0 Å². The summed E-state index contributed by atoms with van der Waals surface area (Å²) < 4.78 is 4.52. The van der Waals surface area contributed by atoms with Crippen LogP contribution in [0.3, 0.4) is 0 Å². The molecule has 0 aliphatic carbocycles. The minimum atomic E-state index is 1.30. The zero-order valence-electron chi connectivity index (χ0n) is 26.0. The molecule has 2 heterocycles. The first-order chi connectivity index (χ1) is 18.6. The number of benzene rings is 4. The fourth-order valence-corrected chi connectivity index (χ4v) is 4.67. The van der Waals surface area contributed by atoms with Crippen molar-refractivity contribution >= 4 is 43.6 Å². The van der Waals surface area contributed by atoms with Gasteiger partial charge in [0.15, 0.2) is 0 Å². The highest BCUT2D eigenvalue weighted by atomic mass is 14.9. The maximum Gasteiger partial charge on any atom is 0.0491 e. The maximum atomic E-state index is 2.26. The molecule has 2 nitrogen and oxygen atoms in total. The van der Waals surface area contributed by atoms with Crippen molar-refractivity contribution in [2.24, 2.45) is 14.1 Å². The van der Waals surface area contributed by atoms with Crippen molar-refractivity contribution in [2.75, 3.05) is 0 Å². The molecule has 38 heavy (non-hydrogen) atoms. The van der Waals surface area contributed by atoms with Crippen molar-refractivity contribution in [3.05, 3.63) is 96.1 Å². The van der Waals surface area contributed by atoms with Crippen LogP contribution in [0.2, 0.25) is 0 Å². The van der Waals surface area contributed by atoms with Crippen LogP contribution in [0.1, 0.15) is 66.5 Å². The summed E-state index contributed by atoms with van der Waals surface area (Å²) in [5.74, 6) is 0. The Kier molecular flexibility index (Phi) is 14.0. The van der Waals surface area contributed by atoms with E-state index in [4.69, 9.17) is 0 Å². The number of aromatic nitrogens is 2. The summed E-state index contributed by atoms with van der Waals surface area (Å²) in [6.45, 7) is 20.3. The fraction of sp³-hybridized carbons (Fsp3) is 0.333. The van der Waals surface area contributed by atoms with E-state index >= 15 is 0 Å². The van der Waals surface area contributed by atoms with Gasteiger partial charge in [0.05, 0.1) is 0 Å². The van der Waals surface area contributed by atoms with E-state index in [1.165, 1.54) is 54.7 Å². The lowest BCUT2D eigenvalue weighted by Crippen LogP contribution is -1.85. The van der Waals surface area contributed by atoms with Gasteiger partial charge in [0.25, 0.3) is 0 Å². The van der Waals surface area contributed by atoms with Crippen LogP contribution in [-0.4, -0.2) is 9.13 Å². The van der Waals surface area contributed by atoms with Gasteiger partial charge in [-0.2, -0.15) is 0 Å². The number of rotatable bonds is 0. The Hall–Kier alpha value is -3.52. The Bertz CT molecular complexity index is 1530. The van der Waals surface area contributed by atoms with Gasteiger partial charge < -0.3 is 9.13 Å². The van der Waals surface area contributed by atoms with Crippen LogP contribution in [0, 0.1) is 13.8 Å². The van der Waals surface area contributed by atoms with Crippen molar-refractivity contribution in [1.82, 2.24) is 9.13 Å². The first-order valence-electron chi connectivity index (χ1n) is 14.4. The van der Waals surface area contributed by atoms with Crippen molar-refractivity contribution in [1.29, 1.82) is 0 Å². The molecule has 0 atom stereocenters. The van der Waals surface area contributed by atoms with Gasteiger partial charge in [0.1, 0.15) is 0 Å². The Labute approximate surface area is 231 Å². The van der Waals surface area contributed by atoms with Gasteiger partial charge in [-0.25, -0.2) is 0 Å². The van der Waals surface area contributed by atoms with Crippen LogP contribution in [0.25, 0.3) is 43.6 Å². The van der Waals surface area contributed by atoms with E-state index in [9.17, 15) is 0 Å². The zero-order chi connectivity index (χ0) is 28.8. The van der Waals surface area contributed by atoms with Gasteiger partial charge in [-0.15, -0.1) is 0 Å². The number of hydrogen-bond donors (Lipinski definition) is 0. The number of para-hydroxylation sites is 2. The van der Waals surface area contributed by atoms with Crippen LogP contribution in [0.5, 0.6) is 0 Å². The molecular formula is C36H50N2. The predicted octanol–water partition coefficient (Wildman–Crippen LogP) is 11.4. The van der Waals surface area contributed by atoms with Crippen LogP contribution in [0.15, 0.2) is 84.9 Å². The van der Waals surface area contributed by atoms with Crippen LogP contribution in [-0.2, 0) is 14.1 Å².